The summed E-state index contributed by atoms with van der Waals surface area (Å²) in [5.74, 6) is 0. The largest absolute Gasteiger partial charge is 0.367 e. The van der Waals surface area contributed by atoms with E-state index in [4.69, 9.17) is 0 Å². The predicted molar refractivity (Wildman–Crippen MR) is 85.7 cm³/mol. The molecule has 0 N–H and O–H groups in total. The number of hydrogen-bond donors (Lipinski definition) is 0. The van der Waals surface area contributed by atoms with Gasteiger partial charge in [0.2, 0.25) is 0 Å². The van der Waals surface area contributed by atoms with E-state index in [1.54, 1.807) is 0 Å². The van der Waals surface area contributed by atoms with Gasteiger partial charge < -0.3 is 4.90 Å². The molecule has 0 radical (unpaired) electrons. The number of hydrogen-bond acceptors (Lipinski definition) is 1. The van der Waals surface area contributed by atoms with Crippen LogP contribution < -0.4 is 4.90 Å². The van der Waals surface area contributed by atoms with Gasteiger partial charge in [-0.1, -0.05) is 63.3 Å². The molecule has 1 heterocycles. The van der Waals surface area contributed by atoms with Gasteiger partial charge in [-0.25, -0.2) is 0 Å². The molecule has 0 amide bonds. The van der Waals surface area contributed by atoms with Crippen molar-refractivity contribution >= 4 is 11.3 Å². The number of anilines is 1. The Bertz CT molecular complexity index is 419. The number of nitrogens with zero attached hydrogens (tertiary/aromatic N) is 1. The molecule has 1 heteroatoms. The van der Waals surface area contributed by atoms with E-state index in [0.29, 0.717) is 0 Å². The van der Waals surface area contributed by atoms with Crippen LogP contribution in [-0.2, 0) is 0 Å². The zero-order valence-corrected chi connectivity index (χ0v) is 12.5. The van der Waals surface area contributed by atoms with Crippen LogP contribution in [0.15, 0.2) is 30.3 Å². The first-order chi connectivity index (χ1) is 9.33. The third-order valence-corrected chi connectivity index (χ3v) is 4.07. The fourth-order valence-corrected chi connectivity index (χ4v) is 2.83. The van der Waals surface area contributed by atoms with Crippen LogP contribution in [0.2, 0.25) is 0 Å². The molecule has 0 saturated carbocycles. The van der Waals surface area contributed by atoms with E-state index in [0.717, 1.165) is 6.54 Å². The Kier molecular flexibility index (Phi) is 5.50. The average Bonchev–Trinajstić information content (AvgIpc) is 2.45. The monoisotopic (exact) mass is 257 g/mol. The molecule has 0 bridgehead atoms. The topological polar surface area (TPSA) is 3.24 Å². The zero-order valence-electron chi connectivity index (χ0n) is 12.5. The Labute approximate surface area is 118 Å². The highest BCUT2D eigenvalue weighted by Gasteiger charge is 2.14. The fraction of sp³-hybridized carbons (Fsp3) is 0.556. The quantitative estimate of drug-likeness (QED) is 0.601. The van der Waals surface area contributed by atoms with Crippen molar-refractivity contribution in [3.8, 4) is 0 Å². The van der Waals surface area contributed by atoms with Crippen molar-refractivity contribution in [1.82, 2.24) is 0 Å². The summed E-state index contributed by atoms with van der Waals surface area (Å²) < 4.78 is 0. The van der Waals surface area contributed by atoms with Crippen LogP contribution >= 0.6 is 0 Å². The highest BCUT2D eigenvalue weighted by Crippen LogP contribution is 2.30. The highest BCUT2D eigenvalue weighted by molar-refractivity contribution is 5.78. The summed E-state index contributed by atoms with van der Waals surface area (Å²) in [6.07, 6.45) is 10.6. The van der Waals surface area contributed by atoms with Crippen molar-refractivity contribution in [2.75, 3.05) is 18.0 Å². The van der Waals surface area contributed by atoms with Crippen LogP contribution in [0.1, 0.15) is 57.9 Å². The molecular weight excluding hydrogens is 230 g/mol. The first kappa shape index (κ1) is 14.2. The first-order valence-corrected chi connectivity index (χ1v) is 7.84. The van der Waals surface area contributed by atoms with E-state index in [9.17, 15) is 0 Å². The Morgan fingerprint density at radius 3 is 2.58 bits per heavy atom. The highest BCUT2D eigenvalue weighted by atomic mass is 15.1. The molecule has 2 rings (SSSR count). The maximum Gasteiger partial charge on any atom is 0.0445 e. The Morgan fingerprint density at radius 2 is 1.74 bits per heavy atom. The van der Waals surface area contributed by atoms with Crippen LogP contribution in [-0.4, -0.2) is 13.1 Å². The Morgan fingerprint density at radius 1 is 1.00 bits per heavy atom. The SMILES string of the molecule is CCCCCCCCN1CC=C(C)c2ccccc21. The summed E-state index contributed by atoms with van der Waals surface area (Å²) >= 11 is 0. The van der Waals surface area contributed by atoms with E-state index in [1.807, 2.05) is 0 Å². The number of allylic oxidation sites excluding steroid dienone is 1. The van der Waals surface area contributed by atoms with Gasteiger partial charge in [-0.15, -0.1) is 0 Å². The third kappa shape index (κ3) is 3.86. The molecule has 1 aliphatic heterocycles. The molecule has 1 nitrogen and oxygen atoms in total. The van der Waals surface area contributed by atoms with Crippen molar-refractivity contribution in [1.29, 1.82) is 0 Å². The molecule has 1 aromatic rings. The second-order valence-electron chi connectivity index (χ2n) is 5.62. The minimum atomic E-state index is 1.08. The van der Waals surface area contributed by atoms with E-state index < -0.39 is 0 Å². The summed E-state index contributed by atoms with van der Waals surface area (Å²) in [6, 6.07) is 8.81. The molecule has 0 aliphatic carbocycles. The molecule has 1 aliphatic rings. The van der Waals surface area contributed by atoms with Crippen LogP contribution in [0.4, 0.5) is 5.69 Å². The number of benzene rings is 1. The van der Waals surface area contributed by atoms with Gasteiger partial charge in [0.15, 0.2) is 0 Å². The van der Waals surface area contributed by atoms with Crippen molar-refractivity contribution < 1.29 is 0 Å². The second-order valence-corrected chi connectivity index (χ2v) is 5.62. The zero-order chi connectivity index (χ0) is 13.5. The van der Waals surface area contributed by atoms with Gasteiger partial charge in [0.25, 0.3) is 0 Å². The fourth-order valence-electron chi connectivity index (χ4n) is 2.83. The van der Waals surface area contributed by atoms with Crippen LogP contribution in [0.5, 0.6) is 0 Å². The summed E-state index contributed by atoms with van der Waals surface area (Å²) in [7, 11) is 0. The van der Waals surface area contributed by atoms with Gasteiger partial charge >= 0.3 is 0 Å². The predicted octanol–water partition coefficient (Wildman–Crippen LogP) is 5.27. The maximum atomic E-state index is 2.53. The average molecular weight is 257 g/mol. The summed E-state index contributed by atoms with van der Waals surface area (Å²) in [6.45, 7) is 6.78. The van der Waals surface area contributed by atoms with Gasteiger partial charge in [-0.2, -0.15) is 0 Å². The van der Waals surface area contributed by atoms with Gasteiger partial charge in [-0.3, -0.25) is 0 Å². The molecule has 0 saturated heterocycles. The smallest absolute Gasteiger partial charge is 0.0445 e. The van der Waals surface area contributed by atoms with E-state index in [1.165, 1.54) is 61.9 Å². The number of unbranched alkanes of at least 4 members (excludes halogenated alkanes) is 5. The van der Waals surface area contributed by atoms with E-state index in [2.05, 4.69) is 49.1 Å². The van der Waals surface area contributed by atoms with Crippen LogP contribution in [0, 0.1) is 0 Å². The summed E-state index contributed by atoms with van der Waals surface area (Å²) in [5, 5.41) is 0. The molecule has 0 atom stereocenters. The normalized spacial score (nSPS) is 14.2. The standard InChI is InChI=1S/C18H27N/c1-3-4-5-6-7-10-14-19-15-13-16(2)17-11-8-9-12-18(17)19/h8-9,11-13H,3-7,10,14-15H2,1-2H3. The lowest BCUT2D eigenvalue weighted by atomic mass is 10.00. The lowest BCUT2D eigenvalue weighted by Gasteiger charge is -2.30. The summed E-state index contributed by atoms with van der Waals surface area (Å²) in [5.41, 5.74) is 4.27. The molecule has 19 heavy (non-hydrogen) atoms. The van der Waals surface area contributed by atoms with Gasteiger partial charge in [0.05, 0.1) is 0 Å². The van der Waals surface area contributed by atoms with E-state index >= 15 is 0 Å². The molecule has 0 aromatic heterocycles. The molecule has 0 unspecified atom stereocenters. The molecule has 1 aromatic carbocycles. The van der Waals surface area contributed by atoms with Gasteiger partial charge in [0.1, 0.15) is 0 Å². The minimum Gasteiger partial charge on any atom is -0.367 e. The first-order valence-electron chi connectivity index (χ1n) is 7.84. The van der Waals surface area contributed by atoms with Gasteiger partial charge in [0, 0.05) is 24.3 Å². The minimum absolute atomic E-state index is 1.08. The third-order valence-electron chi connectivity index (χ3n) is 4.07. The molecule has 0 spiro atoms. The number of para-hydroxylation sites is 1. The van der Waals surface area contributed by atoms with Crippen molar-refractivity contribution in [3.63, 3.8) is 0 Å². The number of fused-ring (bicyclic) bond motifs is 1. The van der Waals surface area contributed by atoms with E-state index in [-0.39, 0.29) is 0 Å². The Hall–Kier alpha value is -1.24. The van der Waals surface area contributed by atoms with Gasteiger partial charge in [-0.05, 0) is 25.0 Å². The molecule has 0 fully saturated rings. The summed E-state index contributed by atoms with van der Waals surface area (Å²) in [4.78, 5) is 2.53. The number of rotatable bonds is 7. The van der Waals surface area contributed by atoms with Crippen molar-refractivity contribution in [3.05, 3.63) is 35.9 Å². The molecule has 104 valence electrons. The Balaban J connectivity index is 1.82. The molecular formula is C18H27N. The lowest BCUT2D eigenvalue weighted by molar-refractivity contribution is 0.602. The van der Waals surface area contributed by atoms with Crippen molar-refractivity contribution in [2.24, 2.45) is 0 Å². The van der Waals surface area contributed by atoms with Crippen LogP contribution in [0.25, 0.3) is 5.57 Å². The van der Waals surface area contributed by atoms with Crippen LogP contribution in [0.3, 0.4) is 0 Å². The lowest BCUT2D eigenvalue weighted by Crippen LogP contribution is -2.27. The second kappa shape index (κ2) is 7.37. The van der Waals surface area contributed by atoms with Crippen molar-refractivity contribution in [2.45, 2.75) is 52.4 Å². The maximum absolute atomic E-state index is 2.53.